The van der Waals surface area contributed by atoms with Gasteiger partial charge < -0.3 is 10.5 Å². The highest BCUT2D eigenvalue weighted by Crippen LogP contribution is 2.22. The van der Waals surface area contributed by atoms with E-state index < -0.39 is 6.04 Å². The normalized spacial score (nSPS) is 19.5. The lowest BCUT2D eigenvalue weighted by molar-refractivity contribution is -0.142. The fraction of sp³-hybridized carbons (Fsp3) is 0.667. The molecule has 1 aliphatic rings. The number of rotatable bonds is 3. The van der Waals surface area contributed by atoms with Gasteiger partial charge in [0, 0.05) is 0 Å². The smallest absolute Gasteiger partial charge is 0.322 e. The van der Waals surface area contributed by atoms with Crippen molar-refractivity contribution >= 4 is 5.97 Å². The van der Waals surface area contributed by atoms with E-state index in [1.54, 1.807) is 0 Å². The third-order valence-corrected chi connectivity index (χ3v) is 2.20. The first-order valence-electron chi connectivity index (χ1n) is 4.22. The average Bonchev–Trinajstić information content (AvgIpc) is 2.55. The molecule has 12 heavy (non-hydrogen) atoms. The lowest BCUT2D eigenvalue weighted by Crippen LogP contribution is -2.33. The standard InChI is InChI=1S/C9H15NO2/c1-12-9(11)8(10)6-7-4-2-3-5-7/h2-3,7-8H,4-6,10H2,1H3. The molecule has 0 aromatic carbocycles. The lowest BCUT2D eigenvalue weighted by Gasteiger charge is -2.13. The number of carbonyl (C=O) groups excluding carboxylic acids is 1. The summed E-state index contributed by atoms with van der Waals surface area (Å²) in [7, 11) is 1.37. The van der Waals surface area contributed by atoms with Gasteiger partial charge >= 0.3 is 5.97 Å². The molecule has 0 saturated heterocycles. The van der Waals surface area contributed by atoms with Gasteiger partial charge in [0.25, 0.3) is 0 Å². The zero-order valence-corrected chi connectivity index (χ0v) is 7.32. The minimum atomic E-state index is -0.445. The second-order valence-electron chi connectivity index (χ2n) is 3.17. The van der Waals surface area contributed by atoms with Gasteiger partial charge in [-0.2, -0.15) is 0 Å². The first kappa shape index (κ1) is 9.26. The molecule has 2 N–H and O–H groups in total. The Morgan fingerprint density at radius 1 is 1.67 bits per heavy atom. The minimum absolute atomic E-state index is 0.304. The molecule has 0 heterocycles. The Bertz CT molecular complexity index is 181. The van der Waals surface area contributed by atoms with Gasteiger partial charge in [0.05, 0.1) is 7.11 Å². The fourth-order valence-electron chi connectivity index (χ4n) is 1.47. The maximum atomic E-state index is 10.9. The third-order valence-electron chi connectivity index (χ3n) is 2.20. The first-order valence-corrected chi connectivity index (χ1v) is 4.22. The summed E-state index contributed by atoms with van der Waals surface area (Å²) < 4.78 is 4.54. The monoisotopic (exact) mass is 169 g/mol. The van der Waals surface area contributed by atoms with Crippen LogP contribution >= 0.6 is 0 Å². The highest BCUT2D eigenvalue weighted by atomic mass is 16.5. The van der Waals surface area contributed by atoms with Crippen LogP contribution in [0.15, 0.2) is 12.2 Å². The second-order valence-corrected chi connectivity index (χ2v) is 3.17. The van der Waals surface area contributed by atoms with Gasteiger partial charge in [-0.25, -0.2) is 0 Å². The maximum absolute atomic E-state index is 10.9. The van der Waals surface area contributed by atoms with Crippen LogP contribution in [-0.2, 0) is 9.53 Å². The van der Waals surface area contributed by atoms with Gasteiger partial charge in [-0.1, -0.05) is 12.2 Å². The number of hydrogen-bond acceptors (Lipinski definition) is 3. The molecule has 0 aromatic rings. The van der Waals surface area contributed by atoms with Crippen molar-refractivity contribution in [3.05, 3.63) is 12.2 Å². The summed E-state index contributed by atoms with van der Waals surface area (Å²) in [5.41, 5.74) is 5.61. The van der Waals surface area contributed by atoms with Gasteiger partial charge in [0.2, 0.25) is 0 Å². The van der Waals surface area contributed by atoms with E-state index in [9.17, 15) is 4.79 Å². The number of ether oxygens (including phenoxy) is 1. The van der Waals surface area contributed by atoms with Gasteiger partial charge in [-0.3, -0.25) is 4.79 Å². The number of nitrogens with two attached hydrogens (primary N) is 1. The van der Waals surface area contributed by atoms with Crippen molar-refractivity contribution in [2.75, 3.05) is 7.11 Å². The van der Waals surface area contributed by atoms with Gasteiger partial charge in [-0.15, -0.1) is 0 Å². The van der Waals surface area contributed by atoms with Crippen LogP contribution in [0.25, 0.3) is 0 Å². The van der Waals surface area contributed by atoms with Gasteiger partial charge in [0.15, 0.2) is 0 Å². The summed E-state index contributed by atoms with van der Waals surface area (Å²) in [5.74, 6) is 0.237. The van der Waals surface area contributed by atoms with E-state index in [0.717, 1.165) is 19.3 Å². The molecule has 1 rings (SSSR count). The molecule has 0 fully saturated rings. The van der Waals surface area contributed by atoms with E-state index in [1.165, 1.54) is 7.11 Å². The molecule has 0 aliphatic heterocycles. The van der Waals surface area contributed by atoms with Crippen LogP contribution in [0.2, 0.25) is 0 Å². The van der Waals surface area contributed by atoms with Gasteiger partial charge in [-0.05, 0) is 25.2 Å². The highest BCUT2D eigenvalue weighted by Gasteiger charge is 2.20. The van der Waals surface area contributed by atoms with Crippen molar-refractivity contribution in [2.45, 2.75) is 25.3 Å². The Labute approximate surface area is 72.6 Å². The van der Waals surface area contributed by atoms with E-state index in [0.29, 0.717) is 5.92 Å². The van der Waals surface area contributed by atoms with E-state index in [4.69, 9.17) is 5.73 Å². The summed E-state index contributed by atoms with van der Waals surface area (Å²) in [6, 6.07) is -0.445. The molecule has 0 aromatic heterocycles. The Morgan fingerprint density at radius 2 is 2.25 bits per heavy atom. The van der Waals surface area contributed by atoms with Crippen LogP contribution in [-0.4, -0.2) is 19.1 Å². The molecular formula is C9H15NO2. The van der Waals surface area contributed by atoms with Crippen molar-refractivity contribution in [3.8, 4) is 0 Å². The number of methoxy groups -OCH3 is 1. The largest absolute Gasteiger partial charge is 0.468 e. The van der Waals surface area contributed by atoms with Crippen LogP contribution in [0.5, 0.6) is 0 Å². The fourth-order valence-corrected chi connectivity index (χ4v) is 1.47. The van der Waals surface area contributed by atoms with E-state index in [2.05, 4.69) is 16.9 Å². The van der Waals surface area contributed by atoms with Crippen molar-refractivity contribution in [1.29, 1.82) is 0 Å². The summed E-state index contributed by atoms with van der Waals surface area (Å²) >= 11 is 0. The summed E-state index contributed by atoms with van der Waals surface area (Å²) in [4.78, 5) is 10.9. The Kier molecular flexibility index (Phi) is 3.29. The zero-order valence-electron chi connectivity index (χ0n) is 7.32. The molecule has 3 heteroatoms. The van der Waals surface area contributed by atoms with E-state index in [-0.39, 0.29) is 5.97 Å². The molecule has 0 saturated carbocycles. The average molecular weight is 169 g/mol. The molecule has 1 unspecified atom stereocenters. The summed E-state index contributed by atoms with van der Waals surface area (Å²) in [5, 5.41) is 0. The van der Waals surface area contributed by atoms with Crippen LogP contribution in [0.4, 0.5) is 0 Å². The molecule has 3 nitrogen and oxygen atoms in total. The Morgan fingerprint density at radius 3 is 2.75 bits per heavy atom. The minimum Gasteiger partial charge on any atom is -0.468 e. The Balaban J connectivity index is 2.25. The van der Waals surface area contributed by atoms with Crippen LogP contribution in [0.1, 0.15) is 19.3 Å². The maximum Gasteiger partial charge on any atom is 0.322 e. The van der Waals surface area contributed by atoms with Crippen LogP contribution < -0.4 is 5.73 Å². The van der Waals surface area contributed by atoms with Crippen molar-refractivity contribution in [3.63, 3.8) is 0 Å². The van der Waals surface area contributed by atoms with Crippen molar-refractivity contribution in [1.82, 2.24) is 0 Å². The third kappa shape index (κ3) is 2.34. The molecule has 1 aliphatic carbocycles. The Hall–Kier alpha value is -0.830. The zero-order chi connectivity index (χ0) is 8.97. The number of allylic oxidation sites excluding steroid dienone is 2. The molecule has 0 spiro atoms. The molecular weight excluding hydrogens is 154 g/mol. The molecule has 0 radical (unpaired) electrons. The van der Waals surface area contributed by atoms with E-state index >= 15 is 0 Å². The quantitative estimate of drug-likeness (QED) is 0.503. The van der Waals surface area contributed by atoms with E-state index in [1.807, 2.05) is 0 Å². The van der Waals surface area contributed by atoms with Crippen LogP contribution in [0.3, 0.4) is 0 Å². The summed E-state index contributed by atoms with van der Waals surface area (Å²) in [6.45, 7) is 0. The molecule has 68 valence electrons. The highest BCUT2D eigenvalue weighted by molar-refractivity contribution is 5.75. The number of esters is 1. The van der Waals surface area contributed by atoms with Crippen molar-refractivity contribution in [2.24, 2.45) is 11.7 Å². The second kappa shape index (κ2) is 4.26. The van der Waals surface area contributed by atoms with Crippen LogP contribution in [0, 0.1) is 5.92 Å². The molecule has 0 bridgehead atoms. The SMILES string of the molecule is COC(=O)C(N)CC1CC=CC1. The predicted molar refractivity (Wildman–Crippen MR) is 46.5 cm³/mol. The van der Waals surface area contributed by atoms with Gasteiger partial charge in [0.1, 0.15) is 6.04 Å². The van der Waals surface area contributed by atoms with Crippen molar-refractivity contribution < 1.29 is 9.53 Å². The lowest BCUT2D eigenvalue weighted by atomic mass is 9.98. The number of hydrogen-bond donors (Lipinski definition) is 1. The first-order chi connectivity index (χ1) is 5.74. The molecule has 1 atom stereocenters. The summed E-state index contributed by atoms with van der Waals surface area (Å²) in [6.07, 6.45) is 7.10. The topological polar surface area (TPSA) is 52.3 Å². The predicted octanol–water partition coefficient (Wildman–Crippen LogP) is 0.843. The number of carbonyl (C=O) groups is 1. The molecule has 0 amide bonds.